The van der Waals surface area contributed by atoms with Gasteiger partial charge < -0.3 is 21.5 Å². The van der Waals surface area contributed by atoms with Gasteiger partial charge in [0, 0.05) is 25.2 Å². The molecular formula is C14H15Cl2F3N6O. The molecule has 0 saturated heterocycles. The number of anilines is 2. The van der Waals surface area contributed by atoms with Gasteiger partial charge in [-0.05, 0) is 6.07 Å². The van der Waals surface area contributed by atoms with Gasteiger partial charge in [-0.15, -0.1) is 10.2 Å². The largest absolute Gasteiger partial charge is 0.415 e. The molecule has 7 nitrogen and oxygen atoms in total. The molecule has 2 rings (SSSR count). The van der Waals surface area contributed by atoms with Crippen molar-refractivity contribution in [1.82, 2.24) is 20.5 Å². The molecule has 0 aliphatic heterocycles. The Labute approximate surface area is 156 Å². The average Bonchev–Trinajstić information content (AvgIpc) is 2.56. The number of aliphatic hydroxyl groups excluding tert-OH is 1. The van der Waals surface area contributed by atoms with E-state index in [1.54, 1.807) is 18.2 Å². The number of hydrogen-bond acceptors (Lipinski definition) is 7. The lowest BCUT2D eigenvalue weighted by atomic mass is 10.1. The van der Waals surface area contributed by atoms with Crippen LogP contribution in [0, 0.1) is 0 Å². The van der Waals surface area contributed by atoms with Crippen LogP contribution in [0.5, 0.6) is 0 Å². The smallest absolute Gasteiger partial charge is 0.382 e. The highest BCUT2D eigenvalue weighted by Crippen LogP contribution is 2.34. The number of nitrogens with two attached hydrogens (primary N) is 1. The average molecular weight is 411 g/mol. The van der Waals surface area contributed by atoms with E-state index in [9.17, 15) is 13.2 Å². The van der Waals surface area contributed by atoms with E-state index in [2.05, 4.69) is 25.8 Å². The van der Waals surface area contributed by atoms with E-state index in [0.717, 1.165) is 0 Å². The van der Waals surface area contributed by atoms with Crippen LogP contribution in [0.25, 0.3) is 11.3 Å². The Balaban J connectivity index is 1.91. The van der Waals surface area contributed by atoms with Crippen molar-refractivity contribution < 1.29 is 18.3 Å². The van der Waals surface area contributed by atoms with Crippen molar-refractivity contribution in [2.24, 2.45) is 0 Å². The Kier molecular flexibility index (Phi) is 6.81. The number of rotatable bonds is 7. The maximum Gasteiger partial charge on any atom is 0.415 e. The summed E-state index contributed by atoms with van der Waals surface area (Å²) >= 11 is 12.1. The molecule has 5 N–H and O–H groups in total. The SMILES string of the molecule is Nc1nc(NCCNCC(O)C(F)(F)F)nnc1-c1cccc(Cl)c1Cl. The van der Waals surface area contributed by atoms with Crippen LogP contribution in [0.2, 0.25) is 10.0 Å². The highest BCUT2D eigenvalue weighted by atomic mass is 35.5. The van der Waals surface area contributed by atoms with Crippen LogP contribution in [0.3, 0.4) is 0 Å². The predicted molar refractivity (Wildman–Crippen MR) is 93.1 cm³/mol. The Morgan fingerprint density at radius 3 is 2.58 bits per heavy atom. The second-order valence-electron chi connectivity index (χ2n) is 5.16. The fourth-order valence-electron chi connectivity index (χ4n) is 1.91. The Bertz CT molecular complexity index is 762. The molecule has 0 aliphatic carbocycles. The van der Waals surface area contributed by atoms with E-state index in [1.165, 1.54) is 0 Å². The van der Waals surface area contributed by atoms with Crippen LogP contribution in [0.15, 0.2) is 18.2 Å². The molecular weight excluding hydrogens is 396 g/mol. The zero-order valence-corrected chi connectivity index (χ0v) is 14.7. The maximum atomic E-state index is 12.1. The summed E-state index contributed by atoms with van der Waals surface area (Å²) in [5.41, 5.74) is 6.60. The second-order valence-corrected chi connectivity index (χ2v) is 5.94. The molecule has 1 aromatic heterocycles. The minimum atomic E-state index is -4.65. The third-order valence-electron chi connectivity index (χ3n) is 3.22. The molecule has 2 aromatic rings. The molecule has 0 radical (unpaired) electrons. The van der Waals surface area contributed by atoms with Crippen molar-refractivity contribution in [3.8, 4) is 11.3 Å². The maximum absolute atomic E-state index is 12.1. The van der Waals surface area contributed by atoms with E-state index in [0.29, 0.717) is 10.6 Å². The number of hydrogen-bond donors (Lipinski definition) is 4. The van der Waals surface area contributed by atoms with Crippen LogP contribution in [0.1, 0.15) is 0 Å². The minimum absolute atomic E-state index is 0.0621. The van der Waals surface area contributed by atoms with Gasteiger partial charge in [-0.2, -0.15) is 18.2 Å². The van der Waals surface area contributed by atoms with Crippen molar-refractivity contribution in [3.63, 3.8) is 0 Å². The van der Waals surface area contributed by atoms with E-state index >= 15 is 0 Å². The molecule has 1 unspecified atom stereocenters. The standard InChI is InChI=1S/C14H15Cl2F3N6O/c15-8-3-1-2-7(10(8)16)11-12(20)23-13(25-24-11)22-5-4-21-6-9(26)14(17,18)19/h1-3,9,21,26H,4-6H2,(H3,20,22,23,25). The Morgan fingerprint density at radius 1 is 1.19 bits per heavy atom. The van der Waals surface area contributed by atoms with E-state index in [1.807, 2.05) is 0 Å². The van der Waals surface area contributed by atoms with Crippen LogP contribution in [0.4, 0.5) is 24.9 Å². The minimum Gasteiger partial charge on any atom is -0.382 e. The van der Waals surface area contributed by atoms with Gasteiger partial charge in [0.25, 0.3) is 0 Å². The van der Waals surface area contributed by atoms with Gasteiger partial charge in [0.15, 0.2) is 11.9 Å². The molecule has 0 spiro atoms. The molecule has 1 atom stereocenters. The fraction of sp³-hybridized carbons (Fsp3) is 0.357. The lowest BCUT2D eigenvalue weighted by molar-refractivity contribution is -0.201. The molecule has 0 saturated carbocycles. The molecule has 142 valence electrons. The monoisotopic (exact) mass is 410 g/mol. The van der Waals surface area contributed by atoms with E-state index in [-0.39, 0.29) is 35.6 Å². The van der Waals surface area contributed by atoms with Crippen molar-refractivity contribution in [1.29, 1.82) is 0 Å². The lowest BCUT2D eigenvalue weighted by Crippen LogP contribution is -2.39. The molecule has 12 heteroatoms. The summed E-state index contributed by atoms with van der Waals surface area (Å²) in [5, 5.41) is 22.5. The summed E-state index contributed by atoms with van der Waals surface area (Å²) in [6, 6.07) is 4.96. The number of nitrogen functional groups attached to an aromatic ring is 1. The quantitative estimate of drug-likeness (QED) is 0.518. The summed E-state index contributed by atoms with van der Waals surface area (Å²) in [4.78, 5) is 4.03. The summed E-state index contributed by atoms with van der Waals surface area (Å²) in [5.74, 6) is 0.162. The lowest BCUT2D eigenvalue weighted by Gasteiger charge is -2.15. The van der Waals surface area contributed by atoms with Gasteiger partial charge in [-0.1, -0.05) is 35.3 Å². The van der Waals surface area contributed by atoms with Gasteiger partial charge in [0.05, 0.1) is 10.0 Å². The highest BCUT2D eigenvalue weighted by Gasteiger charge is 2.37. The van der Waals surface area contributed by atoms with Crippen molar-refractivity contribution in [3.05, 3.63) is 28.2 Å². The third kappa shape index (κ3) is 5.31. The molecule has 26 heavy (non-hydrogen) atoms. The van der Waals surface area contributed by atoms with Crippen LogP contribution >= 0.6 is 23.2 Å². The number of aliphatic hydroxyl groups is 1. The molecule has 0 amide bonds. The van der Waals surface area contributed by atoms with E-state index < -0.39 is 18.8 Å². The zero-order chi connectivity index (χ0) is 19.3. The third-order valence-corrected chi connectivity index (χ3v) is 4.04. The van der Waals surface area contributed by atoms with Crippen molar-refractivity contribution in [2.45, 2.75) is 12.3 Å². The Morgan fingerprint density at radius 2 is 1.92 bits per heavy atom. The van der Waals surface area contributed by atoms with Crippen molar-refractivity contribution in [2.75, 3.05) is 30.7 Å². The summed E-state index contributed by atoms with van der Waals surface area (Å²) in [7, 11) is 0. The molecule has 0 fully saturated rings. The van der Waals surface area contributed by atoms with Gasteiger partial charge in [-0.25, -0.2) is 0 Å². The first-order chi connectivity index (χ1) is 12.2. The van der Waals surface area contributed by atoms with Crippen LogP contribution in [-0.4, -0.2) is 52.2 Å². The topological polar surface area (TPSA) is 109 Å². The first-order valence-corrected chi connectivity index (χ1v) is 8.09. The molecule has 1 aromatic carbocycles. The normalized spacial score (nSPS) is 12.8. The number of aromatic nitrogens is 3. The number of halogens is 5. The fourth-order valence-corrected chi connectivity index (χ4v) is 2.30. The molecule has 0 bridgehead atoms. The molecule has 0 aliphatic rings. The van der Waals surface area contributed by atoms with E-state index in [4.69, 9.17) is 34.0 Å². The summed E-state index contributed by atoms with van der Waals surface area (Å²) in [6.07, 6.45) is -7.07. The van der Waals surface area contributed by atoms with Gasteiger partial charge in [0.2, 0.25) is 5.95 Å². The number of nitrogens with one attached hydrogen (secondary N) is 2. The second kappa shape index (κ2) is 8.67. The summed E-state index contributed by atoms with van der Waals surface area (Å²) < 4.78 is 36.4. The summed E-state index contributed by atoms with van der Waals surface area (Å²) in [6.45, 7) is -0.278. The zero-order valence-electron chi connectivity index (χ0n) is 13.2. The van der Waals surface area contributed by atoms with Crippen molar-refractivity contribution >= 4 is 35.0 Å². The number of nitrogens with zero attached hydrogens (tertiary/aromatic N) is 3. The highest BCUT2D eigenvalue weighted by molar-refractivity contribution is 6.43. The first-order valence-electron chi connectivity index (χ1n) is 7.34. The van der Waals surface area contributed by atoms with Gasteiger partial charge in [0.1, 0.15) is 5.69 Å². The Hall–Kier alpha value is -1.88. The number of benzene rings is 1. The predicted octanol–water partition coefficient (Wildman–Crippen LogP) is 2.35. The van der Waals surface area contributed by atoms with Gasteiger partial charge in [-0.3, -0.25) is 0 Å². The first kappa shape index (κ1) is 20.4. The number of alkyl halides is 3. The molecule has 1 heterocycles. The van der Waals surface area contributed by atoms with Crippen LogP contribution < -0.4 is 16.4 Å². The van der Waals surface area contributed by atoms with Crippen LogP contribution in [-0.2, 0) is 0 Å². The van der Waals surface area contributed by atoms with Gasteiger partial charge >= 0.3 is 6.18 Å².